The number of nitrogens with one attached hydrogen (secondary N) is 1. The molecular formula is C10H18N4O3. The van der Waals surface area contributed by atoms with Crippen LogP contribution in [0.4, 0.5) is 0 Å². The van der Waals surface area contributed by atoms with Gasteiger partial charge in [0, 0.05) is 26.1 Å². The van der Waals surface area contributed by atoms with Crippen molar-refractivity contribution >= 4 is 17.6 Å². The number of amidine groups is 1. The monoisotopic (exact) mass is 242 g/mol. The van der Waals surface area contributed by atoms with Crippen LogP contribution in [0.1, 0.15) is 19.3 Å². The summed E-state index contributed by atoms with van der Waals surface area (Å²) in [4.78, 5) is 24.7. The summed E-state index contributed by atoms with van der Waals surface area (Å²) in [6.07, 6.45) is 1.23. The van der Waals surface area contributed by atoms with E-state index in [0.717, 1.165) is 0 Å². The zero-order valence-electron chi connectivity index (χ0n) is 9.85. The van der Waals surface area contributed by atoms with Gasteiger partial charge in [0.25, 0.3) is 0 Å². The fourth-order valence-electron chi connectivity index (χ4n) is 1.90. The highest BCUT2D eigenvalue weighted by atomic mass is 16.4. The third kappa shape index (κ3) is 3.61. The van der Waals surface area contributed by atoms with Gasteiger partial charge in [0.2, 0.25) is 11.8 Å². The summed E-state index contributed by atoms with van der Waals surface area (Å²) in [6, 6.07) is 0. The van der Waals surface area contributed by atoms with Gasteiger partial charge in [-0.25, -0.2) is 0 Å². The molecule has 1 saturated heterocycles. The number of hydrogen-bond donors (Lipinski definition) is 3. The van der Waals surface area contributed by atoms with Gasteiger partial charge >= 0.3 is 0 Å². The van der Waals surface area contributed by atoms with E-state index in [0.29, 0.717) is 25.9 Å². The molecule has 0 saturated carbocycles. The quantitative estimate of drug-likeness (QED) is 0.258. The standard InChI is InChI=1S/C10H18N4O3/c1-12-10(16)7-2-4-14(5-3-7)9(15)6-8(11)13-17/h7,17H,2-6H2,1H3,(H2,11,13)(H,12,16). The third-order valence-electron chi connectivity index (χ3n) is 2.93. The molecule has 1 aliphatic rings. The maximum absolute atomic E-state index is 11.7. The number of piperidine rings is 1. The van der Waals surface area contributed by atoms with Gasteiger partial charge in [-0.05, 0) is 12.8 Å². The van der Waals surface area contributed by atoms with Gasteiger partial charge in [0.05, 0.1) is 6.42 Å². The summed E-state index contributed by atoms with van der Waals surface area (Å²) in [5, 5.41) is 13.7. The first kappa shape index (κ1) is 13.3. The highest BCUT2D eigenvalue weighted by Crippen LogP contribution is 2.17. The van der Waals surface area contributed by atoms with E-state index in [1.807, 2.05) is 0 Å². The van der Waals surface area contributed by atoms with Crippen LogP contribution in [0.5, 0.6) is 0 Å². The topological polar surface area (TPSA) is 108 Å². The lowest BCUT2D eigenvalue weighted by Crippen LogP contribution is -2.43. The molecule has 0 atom stereocenters. The summed E-state index contributed by atoms with van der Waals surface area (Å²) in [5.74, 6) is -0.263. The van der Waals surface area contributed by atoms with Crippen molar-refractivity contribution in [2.75, 3.05) is 20.1 Å². The lowest BCUT2D eigenvalue weighted by molar-refractivity contribution is -0.134. The maximum atomic E-state index is 11.7. The fourth-order valence-corrected chi connectivity index (χ4v) is 1.90. The van der Waals surface area contributed by atoms with Crippen LogP contribution >= 0.6 is 0 Å². The summed E-state index contributed by atoms with van der Waals surface area (Å²) in [7, 11) is 1.61. The number of likely N-dealkylation sites (tertiary alicyclic amines) is 1. The minimum absolute atomic E-state index is 0.0205. The lowest BCUT2D eigenvalue weighted by Gasteiger charge is -2.31. The Balaban J connectivity index is 2.41. The molecule has 1 rings (SSSR count). The van der Waals surface area contributed by atoms with Crippen LogP contribution in [-0.2, 0) is 9.59 Å². The second-order valence-corrected chi connectivity index (χ2v) is 4.04. The van der Waals surface area contributed by atoms with Crippen LogP contribution in [0, 0.1) is 5.92 Å². The number of rotatable bonds is 3. The van der Waals surface area contributed by atoms with E-state index in [-0.39, 0.29) is 30.0 Å². The van der Waals surface area contributed by atoms with E-state index < -0.39 is 0 Å². The highest BCUT2D eigenvalue weighted by molar-refractivity contribution is 5.98. The van der Waals surface area contributed by atoms with Crippen LogP contribution < -0.4 is 11.1 Å². The molecule has 96 valence electrons. The van der Waals surface area contributed by atoms with Crippen molar-refractivity contribution in [3.63, 3.8) is 0 Å². The Morgan fingerprint density at radius 3 is 2.53 bits per heavy atom. The Bertz CT molecular complexity index is 322. The smallest absolute Gasteiger partial charge is 0.230 e. The summed E-state index contributed by atoms with van der Waals surface area (Å²) >= 11 is 0. The molecule has 0 aromatic carbocycles. The van der Waals surface area contributed by atoms with Gasteiger partial charge < -0.3 is 21.2 Å². The van der Waals surface area contributed by atoms with Crippen molar-refractivity contribution < 1.29 is 14.8 Å². The number of nitrogens with zero attached hydrogens (tertiary/aromatic N) is 2. The van der Waals surface area contributed by atoms with Crippen LogP contribution in [0.2, 0.25) is 0 Å². The molecule has 7 nitrogen and oxygen atoms in total. The Hall–Kier alpha value is -1.79. The van der Waals surface area contributed by atoms with E-state index in [1.165, 1.54) is 0 Å². The second-order valence-electron chi connectivity index (χ2n) is 4.04. The SMILES string of the molecule is CNC(=O)C1CCN(C(=O)C/C(N)=N/O)CC1. The molecule has 0 aliphatic carbocycles. The van der Waals surface area contributed by atoms with Crippen LogP contribution in [0.15, 0.2) is 5.16 Å². The van der Waals surface area contributed by atoms with Crippen LogP contribution in [-0.4, -0.2) is 47.9 Å². The third-order valence-corrected chi connectivity index (χ3v) is 2.93. The van der Waals surface area contributed by atoms with Crippen molar-refractivity contribution in [2.24, 2.45) is 16.8 Å². The van der Waals surface area contributed by atoms with Crippen molar-refractivity contribution in [2.45, 2.75) is 19.3 Å². The normalized spacial score (nSPS) is 17.9. The van der Waals surface area contributed by atoms with E-state index in [9.17, 15) is 9.59 Å². The molecule has 0 aromatic rings. The van der Waals surface area contributed by atoms with E-state index in [1.54, 1.807) is 11.9 Å². The second kappa shape index (κ2) is 6.07. The predicted molar refractivity (Wildman–Crippen MR) is 61.4 cm³/mol. The molecule has 0 unspecified atom stereocenters. The van der Waals surface area contributed by atoms with Gasteiger partial charge in [0.15, 0.2) is 0 Å². The summed E-state index contributed by atoms with van der Waals surface area (Å²) < 4.78 is 0. The largest absolute Gasteiger partial charge is 0.409 e. The Morgan fingerprint density at radius 2 is 2.06 bits per heavy atom. The molecule has 0 radical (unpaired) electrons. The number of carbonyl (C=O) groups is 2. The van der Waals surface area contributed by atoms with Gasteiger partial charge in [0.1, 0.15) is 5.84 Å². The molecule has 7 heteroatoms. The van der Waals surface area contributed by atoms with Crippen LogP contribution in [0.25, 0.3) is 0 Å². The molecule has 1 aliphatic heterocycles. The van der Waals surface area contributed by atoms with Gasteiger partial charge in [-0.3, -0.25) is 9.59 Å². The maximum Gasteiger partial charge on any atom is 0.230 e. The first-order chi connectivity index (χ1) is 8.08. The molecule has 4 N–H and O–H groups in total. The fraction of sp³-hybridized carbons (Fsp3) is 0.700. The average molecular weight is 242 g/mol. The van der Waals surface area contributed by atoms with Crippen molar-refractivity contribution in [1.29, 1.82) is 0 Å². The van der Waals surface area contributed by atoms with Gasteiger partial charge in [-0.1, -0.05) is 5.16 Å². The zero-order chi connectivity index (χ0) is 12.8. The Kier molecular flexibility index (Phi) is 4.74. The van der Waals surface area contributed by atoms with Gasteiger partial charge in [-0.2, -0.15) is 0 Å². The molecule has 2 amide bonds. The molecule has 1 fully saturated rings. The van der Waals surface area contributed by atoms with E-state index in [4.69, 9.17) is 10.9 Å². The van der Waals surface area contributed by atoms with Crippen molar-refractivity contribution in [3.05, 3.63) is 0 Å². The molecule has 17 heavy (non-hydrogen) atoms. The summed E-state index contributed by atoms with van der Waals surface area (Å²) in [6.45, 7) is 1.07. The molecule has 0 bridgehead atoms. The highest BCUT2D eigenvalue weighted by Gasteiger charge is 2.26. The first-order valence-corrected chi connectivity index (χ1v) is 5.54. The van der Waals surface area contributed by atoms with E-state index in [2.05, 4.69) is 10.5 Å². The number of hydrogen-bond acceptors (Lipinski definition) is 4. The Labute approximate surface area is 99.6 Å². The number of nitrogens with two attached hydrogens (primary N) is 1. The lowest BCUT2D eigenvalue weighted by atomic mass is 9.96. The number of amides is 2. The molecule has 0 spiro atoms. The van der Waals surface area contributed by atoms with Crippen molar-refractivity contribution in [3.8, 4) is 0 Å². The van der Waals surface area contributed by atoms with Crippen molar-refractivity contribution in [1.82, 2.24) is 10.2 Å². The molecule has 1 heterocycles. The first-order valence-electron chi connectivity index (χ1n) is 5.54. The predicted octanol–water partition coefficient (Wildman–Crippen LogP) is -0.892. The van der Waals surface area contributed by atoms with E-state index >= 15 is 0 Å². The minimum Gasteiger partial charge on any atom is -0.409 e. The minimum atomic E-state index is -0.171. The number of oxime groups is 1. The van der Waals surface area contributed by atoms with Gasteiger partial charge in [-0.15, -0.1) is 0 Å². The average Bonchev–Trinajstić information content (AvgIpc) is 2.37. The number of carbonyl (C=O) groups excluding carboxylic acids is 2. The summed E-state index contributed by atoms with van der Waals surface area (Å²) in [5.41, 5.74) is 5.27. The van der Waals surface area contributed by atoms with Crippen LogP contribution in [0.3, 0.4) is 0 Å². The molecule has 0 aromatic heterocycles. The molecular weight excluding hydrogens is 224 g/mol. The Morgan fingerprint density at radius 1 is 1.47 bits per heavy atom. The zero-order valence-corrected chi connectivity index (χ0v) is 9.85.